The zero-order chi connectivity index (χ0) is 13.8. The maximum atomic E-state index is 12.0. The second kappa shape index (κ2) is 6.26. The average Bonchev–Trinajstić information content (AvgIpc) is 2.87. The Morgan fingerprint density at radius 2 is 2.37 bits per heavy atom. The lowest BCUT2D eigenvalue weighted by Crippen LogP contribution is -2.31. The van der Waals surface area contributed by atoms with Gasteiger partial charge in [-0.15, -0.1) is 0 Å². The van der Waals surface area contributed by atoms with Gasteiger partial charge in [0.2, 0.25) is 0 Å². The molecule has 104 valence electrons. The summed E-state index contributed by atoms with van der Waals surface area (Å²) < 4.78 is 0. The maximum Gasteiger partial charge on any atom is 0.255 e. The molecule has 1 unspecified atom stereocenters. The SMILES string of the molecule is CCN1CCC(CNC(=O)c2cc(Cl)ccc2O)C1. The van der Waals surface area contributed by atoms with E-state index >= 15 is 0 Å². The van der Waals surface area contributed by atoms with Crippen molar-refractivity contribution in [2.24, 2.45) is 5.92 Å². The third-order valence-corrected chi connectivity index (χ3v) is 3.81. The van der Waals surface area contributed by atoms with E-state index in [1.807, 2.05) is 0 Å². The normalized spacial score (nSPS) is 19.6. The summed E-state index contributed by atoms with van der Waals surface area (Å²) >= 11 is 5.83. The Balaban J connectivity index is 1.89. The molecule has 1 aliphatic rings. The lowest BCUT2D eigenvalue weighted by molar-refractivity contribution is 0.0945. The Morgan fingerprint density at radius 3 is 3.05 bits per heavy atom. The molecular formula is C14H19ClN2O2. The van der Waals surface area contributed by atoms with Crippen molar-refractivity contribution in [1.29, 1.82) is 0 Å². The molecule has 1 aromatic carbocycles. The summed E-state index contributed by atoms with van der Waals surface area (Å²) in [5.74, 6) is 0.184. The number of halogens is 1. The number of hydrogen-bond acceptors (Lipinski definition) is 3. The molecule has 1 aliphatic heterocycles. The van der Waals surface area contributed by atoms with Gasteiger partial charge in [-0.1, -0.05) is 18.5 Å². The van der Waals surface area contributed by atoms with Crippen molar-refractivity contribution < 1.29 is 9.90 Å². The zero-order valence-electron chi connectivity index (χ0n) is 11.0. The molecule has 19 heavy (non-hydrogen) atoms. The number of carbonyl (C=O) groups is 1. The zero-order valence-corrected chi connectivity index (χ0v) is 11.8. The summed E-state index contributed by atoms with van der Waals surface area (Å²) in [5.41, 5.74) is 0.234. The number of nitrogens with one attached hydrogen (secondary N) is 1. The van der Waals surface area contributed by atoms with Crippen molar-refractivity contribution in [3.05, 3.63) is 28.8 Å². The van der Waals surface area contributed by atoms with Crippen LogP contribution in [0.5, 0.6) is 5.75 Å². The maximum absolute atomic E-state index is 12.0. The summed E-state index contributed by atoms with van der Waals surface area (Å²) in [4.78, 5) is 14.4. The lowest BCUT2D eigenvalue weighted by atomic mass is 10.1. The minimum atomic E-state index is -0.269. The van der Waals surface area contributed by atoms with Crippen molar-refractivity contribution in [3.8, 4) is 5.75 Å². The fourth-order valence-electron chi connectivity index (χ4n) is 2.39. The molecule has 1 heterocycles. The van der Waals surface area contributed by atoms with E-state index in [4.69, 9.17) is 11.6 Å². The van der Waals surface area contributed by atoms with E-state index in [1.165, 1.54) is 12.1 Å². The fourth-order valence-corrected chi connectivity index (χ4v) is 2.56. The topological polar surface area (TPSA) is 52.6 Å². The highest BCUT2D eigenvalue weighted by atomic mass is 35.5. The van der Waals surface area contributed by atoms with Gasteiger partial charge in [0.25, 0.3) is 5.91 Å². The van der Waals surface area contributed by atoms with E-state index in [0.29, 0.717) is 17.5 Å². The minimum absolute atomic E-state index is 0.0384. The van der Waals surface area contributed by atoms with Gasteiger partial charge >= 0.3 is 0 Å². The Hall–Kier alpha value is -1.26. The number of phenolic OH excluding ortho intramolecular Hbond substituents is 1. The number of benzene rings is 1. The molecule has 1 fully saturated rings. The van der Waals surface area contributed by atoms with Gasteiger partial charge in [-0.25, -0.2) is 0 Å². The first-order valence-corrected chi connectivity index (χ1v) is 6.97. The summed E-state index contributed by atoms with van der Waals surface area (Å²) in [6.45, 7) is 5.96. The summed E-state index contributed by atoms with van der Waals surface area (Å²) in [5, 5.41) is 13.0. The van der Waals surface area contributed by atoms with Gasteiger partial charge in [0.05, 0.1) is 5.56 Å². The number of aromatic hydroxyl groups is 1. The van der Waals surface area contributed by atoms with E-state index in [1.54, 1.807) is 6.07 Å². The van der Waals surface area contributed by atoms with Crippen LogP contribution >= 0.6 is 11.6 Å². The van der Waals surface area contributed by atoms with E-state index in [2.05, 4.69) is 17.1 Å². The van der Waals surface area contributed by atoms with Crippen LogP contribution in [0.1, 0.15) is 23.7 Å². The number of amides is 1. The first-order valence-electron chi connectivity index (χ1n) is 6.59. The van der Waals surface area contributed by atoms with Crippen LogP contribution in [-0.2, 0) is 0 Å². The van der Waals surface area contributed by atoms with Crippen molar-refractivity contribution in [2.75, 3.05) is 26.2 Å². The van der Waals surface area contributed by atoms with Gasteiger partial charge in [0.15, 0.2) is 0 Å². The molecule has 5 heteroatoms. The van der Waals surface area contributed by atoms with Gasteiger partial charge < -0.3 is 15.3 Å². The predicted molar refractivity (Wildman–Crippen MR) is 75.7 cm³/mol. The van der Waals surface area contributed by atoms with E-state index < -0.39 is 0 Å². The van der Waals surface area contributed by atoms with Crippen LogP contribution < -0.4 is 5.32 Å². The van der Waals surface area contributed by atoms with Crippen LogP contribution in [0.15, 0.2) is 18.2 Å². The molecule has 1 atom stereocenters. The Labute approximate surface area is 118 Å². The van der Waals surface area contributed by atoms with Crippen LogP contribution in [0.3, 0.4) is 0 Å². The summed E-state index contributed by atoms with van der Waals surface area (Å²) in [6.07, 6.45) is 1.11. The quantitative estimate of drug-likeness (QED) is 0.889. The average molecular weight is 283 g/mol. The number of carbonyl (C=O) groups excluding carboxylic acids is 1. The van der Waals surface area contributed by atoms with Crippen LogP contribution in [0.2, 0.25) is 5.02 Å². The highest BCUT2D eigenvalue weighted by Crippen LogP contribution is 2.21. The molecule has 0 aromatic heterocycles. The fraction of sp³-hybridized carbons (Fsp3) is 0.500. The van der Waals surface area contributed by atoms with E-state index in [9.17, 15) is 9.90 Å². The molecule has 0 bridgehead atoms. The van der Waals surface area contributed by atoms with Crippen molar-refractivity contribution in [2.45, 2.75) is 13.3 Å². The van der Waals surface area contributed by atoms with Gasteiger partial charge in [0, 0.05) is 18.1 Å². The van der Waals surface area contributed by atoms with Crippen LogP contribution in [0, 0.1) is 5.92 Å². The third-order valence-electron chi connectivity index (χ3n) is 3.57. The standard InChI is InChI=1S/C14H19ClN2O2/c1-2-17-6-5-10(9-17)8-16-14(19)12-7-11(15)3-4-13(12)18/h3-4,7,10,18H,2,5-6,8-9H2,1H3,(H,16,19). The van der Waals surface area contributed by atoms with Gasteiger partial charge in [-0.05, 0) is 43.6 Å². The summed E-state index contributed by atoms with van der Waals surface area (Å²) in [7, 11) is 0. The highest BCUT2D eigenvalue weighted by molar-refractivity contribution is 6.31. The molecule has 2 rings (SSSR count). The monoisotopic (exact) mass is 282 g/mol. The lowest BCUT2D eigenvalue weighted by Gasteiger charge is -2.14. The molecule has 0 saturated carbocycles. The number of hydrogen-bond donors (Lipinski definition) is 2. The first kappa shape index (κ1) is 14.2. The second-order valence-corrected chi connectivity index (χ2v) is 5.36. The van der Waals surface area contributed by atoms with Crippen molar-refractivity contribution in [3.63, 3.8) is 0 Å². The Bertz CT molecular complexity index is 465. The molecular weight excluding hydrogens is 264 g/mol. The Morgan fingerprint density at radius 1 is 1.58 bits per heavy atom. The van der Waals surface area contributed by atoms with Gasteiger partial charge in [-0.2, -0.15) is 0 Å². The first-order chi connectivity index (χ1) is 9.10. The molecule has 1 amide bonds. The largest absolute Gasteiger partial charge is 0.507 e. The number of phenols is 1. The molecule has 1 saturated heterocycles. The van der Waals surface area contributed by atoms with Crippen LogP contribution in [0.25, 0.3) is 0 Å². The van der Waals surface area contributed by atoms with Crippen molar-refractivity contribution in [1.82, 2.24) is 10.2 Å². The number of nitrogens with zero attached hydrogens (tertiary/aromatic N) is 1. The minimum Gasteiger partial charge on any atom is -0.507 e. The highest BCUT2D eigenvalue weighted by Gasteiger charge is 2.22. The van der Waals surface area contributed by atoms with E-state index in [-0.39, 0.29) is 17.2 Å². The second-order valence-electron chi connectivity index (χ2n) is 4.92. The molecule has 0 aliphatic carbocycles. The number of rotatable bonds is 4. The summed E-state index contributed by atoms with van der Waals surface area (Å²) in [6, 6.07) is 4.48. The van der Waals surface area contributed by atoms with Gasteiger partial charge in [0.1, 0.15) is 5.75 Å². The van der Waals surface area contributed by atoms with Crippen LogP contribution in [-0.4, -0.2) is 42.1 Å². The smallest absolute Gasteiger partial charge is 0.255 e. The molecule has 0 spiro atoms. The van der Waals surface area contributed by atoms with Crippen LogP contribution in [0.4, 0.5) is 0 Å². The van der Waals surface area contributed by atoms with E-state index in [0.717, 1.165) is 26.1 Å². The molecule has 4 nitrogen and oxygen atoms in total. The third kappa shape index (κ3) is 3.61. The van der Waals surface area contributed by atoms with Gasteiger partial charge in [-0.3, -0.25) is 4.79 Å². The van der Waals surface area contributed by atoms with Crippen molar-refractivity contribution >= 4 is 17.5 Å². The molecule has 0 radical (unpaired) electrons. The predicted octanol–water partition coefficient (Wildman–Crippen LogP) is 2.12. The Kier molecular flexibility index (Phi) is 4.66. The molecule has 1 aromatic rings. The number of likely N-dealkylation sites (tertiary alicyclic amines) is 1. The molecule has 2 N–H and O–H groups in total.